The van der Waals surface area contributed by atoms with E-state index in [0.29, 0.717) is 10.0 Å². The van der Waals surface area contributed by atoms with Crippen LogP contribution in [0.2, 0.25) is 10.0 Å². The van der Waals surface area contributed by atoms with Gasteiger partial charge in [0.2, 0.25) is 0 Å². The SMILES string of the molecule is Clc1cccc(Cl)c1C1Nc2ccccc2-n2cccc21. The van der Waals surface area contributed by atoms with E-state index in [1.807, 2.05) is 36.4 Å². The molecule has 0 aliphatic carbocycles. The van der Waals surface area contributed by atoms with E-state index in [-0.39, 0.29) is 6.04 Å². The highest BCUT2D eigenvalue weighted by atomic mass is 35.5. The van der Waals surface area contributed by atoms with Crippen molar-refractivity contribution in [3.8, 4) is 5.69 Å². The van der Waals surface area contributed by atoms with Gasteiger partial charge in [0.15, 0.2) is 0 Å². The molecule has 1 N–H and O–H groups in total. The maximum atomic E-state index is 6.39. The molecule has 0 fully saturated rings. The molecule has 3 aromatic rings. The largest absolute Gasteiger partial charge is 0.371 e. The molecular formula is C17H12Cl2N2. The van der Waals surface area contributed by atoms with Gasteiger partial charge in [-0.2, -0.15) is 0 Å². The highest BCUT2D eigenvalue weighted by Crippen LogP contribution is 2.41. The summed E-state index contributed by atoms with van der Waals surface area (Å²) in [6.45, 7) is 0. The van der Waals surface area contributed by atoms with Gasteiger partial charge in [0.1, 0.15) is 0 Å². The van der Waals surface area contributed by atoms with Crippen LogP contribution in [0.3, 0.4) is 0 Å². The van der Waals surface area contributed by atoms with Crippen LogP contribution in [0, 0.1) is 0 Å². The Morgan fingerprint density at radius 1 is 0.857 bits per heavy atom. The van der Waals surface area contributed by atoms with Gasteiger partial charge in [-0.15, -0.1) is 0 Å². The van der Waals surface area contributed by atoms with Crippen LogP contribution in [0.4, 0.5) is 5.69 Å². The first-order valence-electron chi connectivity index (χ1n) is 6.73. The van der Waals surface area contributed by atoms with Crippen LogP contribution in [-0.4, -0.2) is 4.57 Å². The molecule has 0 amide bonds. The molecule has 4 heteroatoms. The summed E-state index contributed by atoms with van der Waals surface area (Å²) in [4.78, 5) is 0. The van der Waals surface area contributed by atoms with E-state index >= 15 is 0 Å². The third-order valence-electron chi connectivity index (χ3n) is 3.83. The quantitative estimate of drug-likeness (QED) is 0.645. The fourth-order valence-electron chi connectivity index (χ4n) is 2.89. The van der Waals surface area contributed by atoms with Crippen LogP contribution in [0.25, 0.3) is 5.69 Å². The number of hydrogen-bond donors (Lipinski definition) is 1. The van der Waals surface area contributed by atoms with Crippen molar-refractivity contribution in [3.63, 3.8) is 0 Å². The van der Waals surface area contributed by atoms with Crippen molar-refractivity contribution in [2.24, 2.45) is 0 Å². The van der Waals surface area contributed by atoms with Crippen molar-refractivity contribution in [3.05, 3.63) is 82.1 Å². The number of rotatable bonds is 1. The summed E-state index contributed by atoms with van der Waals surface area (Å²) in [6, 6.07) is 17.9. The Morgan fingerprint density at radius 3 is 2.43 bits per heavy atom. The van der Waals surface area contributed by atoms with E-state index in [1.54, 1.807) is 0 Å². The van der Waals surface area contributed by atoms with Gasteiger partial charge in [-0.05, 0) is 36.4 Å². The second-order valence-corrected chi connectivity index (χ2v) is 5.85. The van der Waals surface area contributed by atoms with Crippen LogP contribution < -0.4 is 5.32 Å². The number of hydrogen-bond acceptors (Lipinski definition) is 1. The van der Waals surface area contributed by atoms with E-state index in [2.05, 4.69) is 34.3 Å². The number of para-hydroxylation sites is 2. The Bertz CT molecular complexity index is 803. The predicted molar refractivity (Wildman–Crippen MR) is 87.7 cm³/mol. The number of nitrogens with one attached hydrogen (secondary N) is 1. The molecule has 0 radical (unpaired) electrons. The minimum absolute atomic E-state index is 0.0592. The minimum Gasteiger partial charge on any atom is -0.371 e. The zero-order valence-corrected chi connectivity index (χ0v) is 12.6. The second kappa shape index (κ2) is 4.83. The topological polar surface area (TPSA) is 17.0 Å². The Balaban J connectivity index is 1.94. The highest BCUT2D eigenvalue weighted by Gasteiger charge is 2.27. The lowest BCUT2D eigenvalue weighted by Crippen LogP contribution is -2.22. The lowest BCUT2D eigenvalue weighted by atomic mass is 10.0. The van der Waals surface area contributed by atoms with Gasteiger partial charge in [-0.25, -0.2) is 0 Å². The van der Waals surface area contributed by atoms with E-state index in [9.17, 15) is 0 Å². The highest BCUT2D eigenvalue weighted by molar-refractivity contribution is 6.36. The lowest BCUT2D eigenvalue weighted by Gasteiger charge is -2.30. The van der Waals surface area contributed by atoms with Crippen molar-refractivity contribution in [1.29, 1.82) is 0 Å². The summed E-state index contributed by atoms with van der Waals surface area (Å²) < 4.78 is 2.18. The molecule has 0 saturated carbocycles. The van der Waals surface area contributed by atoms with Crippen molar-refractivity contribution in [2.75, 3.05) is 5.32 Å². The molecule has 1 unspecified atom stereocenters. The van der Waals surface area contributed by atoms with Gasteiger partial charge < -0.3 is 9.88 Å². The van der Waals surface area contributed by atoms with Crippen molar-refractivity contribution in [1.82, 2.24) is 4.57 Å². The van der Waals surface area contributed by atoms with Crippen LogP contribution in [-0.2, 0) is 0 Å². The molecule has 1 aromatic heterocycles. The normalized spacial score (nSPS) is 16.0. The number of halogens is 2. The molecular weight excluding hydrogens is 303 g/mol. The molecule has 0 spiro atoms. The molecule has 4 rings (SSSR count). The molecule has 104 valence electrons. The summed E-state index contributed by atoms with van der Waals surface area (Å²) >= 11 is 12.8. The van der Waals surface area contributed by atoms with E-state index in [1.165, 1.54) is 0 Å². The maximum Gasteiger partial charge on any atom is 0.0953 e. The summed E-state index contributed by atoms with van der Waals surface area (Å²) in [5, 5.41) is 4.89. The molecule has 1 atom stereocenters. The van der Waals surface area contributed by atoms with Gasteiger partial charge in [0.25, 0.3) is 0 Å². The molecule has 1 aliphatic heterocycles. The van der Waals surface area contributed by atoms with Gasteiger partial charge in [-0.1, -0.05) is 41.4 Å². The van der Waals surface area contributed by atoms with E-state index in [0.717, 1.165) is 22.6 Å². The summed E-state index contributed by atoms with van der Waals surface area (Å²) in [5.41, 5.74) is 4.25. The Hall–Kier alpha value is -1.90. The van der Waals surface area contributed by atoms with E-state index in [4.69, 9.17) is 23.2 Å². The minimum atomic E-state index is -0.0592. The Morgan fingerprint density at radius 2 is 1.62 bits per heavy atom. The Kier molecular flexibility index (Phi) is 2.95. The van der Waals surface area contributed by atoms with Crippen LogP contribution in [0.15, 0.2) is 60.8 Å². The lowest BCUT2D eigenvalue weighted by molar-refractivity contribution is 0.810. The number of aromatic nitrogens is 1. The van der Waals surface area contributed by atoms with Gasteiger partial charge in [0.05, 0.1) is 17.4 Å². The second-order valence-electron chi connectivity index (χ2n) is 5.03. The molecule has 2 aromatic carbocycles. The zero-order valence-electron chi connectivity index (χ0n) is 11.1. The molecule has 0 bridgehead atoms. The van der Waals surface area contributed by atoms with Crippen molar-refractivity contribution in [2.45, 2.75) is 6.04 Å². The third kappa shape index (κ3) is 1.95. The summed E-state index contributed by atoms with van der Waals surface area (Å²) in [7, 11) is 0. The smallest absolute Gasteiger partial charge is 0.0953 e. The predicted octanol–water partition coefficient (Wildman–Crippen LogP) is 5.30. The molecule has 1 aliphatic rings. The van der Waals surface area contributed by atoms with Gasteiger partial charge >= 0.3 is 0 Å². The fraction of sp³-hybridized carbons (Fsp3) is 0.0588. The summed E-state index contributed by atoms with van der Waals surface area (Å²) in [6.07, 6.45) is 2.06. The van der Waals surface area contributed by atoms with Crippen molar-refractivity contribution < 1.29 is 0 Å². The zero-order chi connectivity index (χ0) is 14.4. The average Bonchev–Trinajstić information content (AvgIpc) is 2.97. The standard InChI is InChI=1S/C17H12Cl2N2/c18-11-5-3-6-12(19)16(11)17-15-9-4-10-21(15)14-8-2-1-7-13(14)20-17/h1-10,17,20H. The first-order valence-corrected chi connectivity index (χ1v) is 7.48. The van der Waals surface area contributed by atoms with Gasteiger partial charge in [-0.3, -0.25) is 0 Å². The first-order chi connectivity index (χ1) is 10.3. The summed E-state index contributed by atoms with van der Waals surface area (Å²) in [5.74, 6) is 0. The monoisotopic (exact) mass is 314 g/mol. The molecule has 2 nitrogen and oxygen atoms in total. The number of fused-ring (bicyclic) bond motifs is 3. The third-order valence-corrected chi connectivity index (χ3v) is 4.49. The number of nitrogens with zero attached hydrogens (tertiary/aromatic N) is 1. The van der Waals surface area contributed by atoms with Crippen LogP contribution in [0.5, 0.6) is 0 Å². The van der Waals surface area contributed by atoms with Crippen LogP contribution in [0.1, 0.15) is 17.3 Å². The van der Waals surface area contributed by atoms with Gasteiger partial charge in [0, 0.05) is 27.5 Å². The molecule has 21 heavy (non-hydrogen) atoms. The van der Waals surface area contributed by atoms with Crippen molar-refractivity contribution >= 4 is 28.9 Å². The number of anilines is 1. The molecule has 2 heterocycles. The van der Waals surface area contributed by atoms with Crippen LogP contribution >= 0.6 is 23.2 Å². The Labute approximate surface area is 132 Å². The average molecular weight is 315 g/mol. The van der Waals surface area contributed by atoms with E-state index < -0.39 is 0 Å². The molecule has 0 saturated heterocycles. The first kappa shape index (κ1) is 12.8. The number of benzene rings is 2. The fourth-order valence-corrected chi connectivity index (χ4v) is 3.51. The maximum absolute atomic E-state index is 6.39.